The SMILES string of the molecule is [CH3][Ge]([CH3])([CH3])[c]1ccc(-c2[c-]cc(F)cc2)nc1.[Ir]. The van der Waals surface area contributed by atoms with Crippen molar-refractivity contribution in [3.63, 3.8) is 0 Å². The van der Waals surface area contributed by atoms with Crippen LogP contribution in [0.1, 0.15) is 0 Å². The summed E-state index contributed by atoms with van der Waals surface area (Å²) in [6, 6.07) is 11.5. The summed E-state index contributed by atoms with van der Waals surface area (Å²) in [4.78, 5) is 4.44. The van der Waals surface area contributed by atoms with Crippen molar-refractivity contribution in [1.29, 1.82) is 0 Å². The fourth-order valence-corrected chi connectivity index (χ4v) is 3.73. The van der Waals surface area contributed by atoms with Crippen molar-refractivity contribution in [2.75, 3.05) is 0 Å². The molecule has 1 radical (unpaired) electrons. The Morgan fingerprint density at radius 2 is 1.83 bits per heavy atom. The Labute approximate surface area is 124 Å². The minimum atomic E-state index is -1.79. The molecule has 0 fully saturated rings. The van der Waals surface area contributed by atoms with Crippen LogP contribution in [0.25, 0.3) is 11.3 Å². The molecule has 0 aliphatic heterocycles. The summed E-state index contributed by atoms with van der Waals surface area (Å²) in [6.45, 7) is 0. The van der Waals surface area contributed by atoms with Gasteiger partial charge in [-0.2, -0.15) is 0 Å². The second-order valence-electron chi connectivity index (χ2n) is 5.10. The first kappa shape index (κ1) is 15.5. The monoisotopic (exact) mass is 483 g/mol. The van der Waals surface area contributed by atoms with E-state index in [0.29, 0.717) is 0 Å². The second kappa shape index (κ2) is 6.09. The third-order valence-electron chi connectivity index (χ3n) is 2.68. The van der Waals surface area contributed by atoms with Crippen LogP contribution in [0.4, 0.5) is 4.39 Å². The Hall–Kier alpha value is -0.508. The molecule has 0 aliphatic carbocycles. The van der Waals surface area contributed by atoms with Gasteiger partial charge in [0.2, 0.25) is 0 Å². The first-order valence-corrected chi connectivity index (χ1v) is 13.0. The Balaban J connectivity index is 0.00000162. The zero-order chi connectivity index (χ0) is 12.5. The average Bonchev–Trinajstić information content (AvgIpc) is 2.29. The summed E-state index contributed by atoms with van der Waals surface area (Å²) < 4.78 is 14.1. The third kappa shape index (κ3) is 3.74. The number of nitrogens with zero attached hydrogens (tertiary/aromatic N) is 1. The van der Waals surface area contributed by atoms with Gasteiger partial charge in [0.05, 0.1) is 0 Å². The maximum absolute atomic E-state index is 12.8. The largest absolute Gasteiger partial charge is 0 e. The van der Waals surface area contributed by atoms with Crippen molar-refractivity contribution in [3.05, 3.63) is 48.4 Å². The van der Waals surface area contributed by atoms with Gasteiger partial charge in [-0.25, -0.2) is 0 Å². The third-order valence-corrected chi connectivity index (χ3v) is 6.93. The summed E-state index contributed by atoms with van der Waals surface area (Å²) in [6.07, 6.45) is 1.95. The maximum Gasteiger partial charge on any atom is 0 e. The van der Waals surface area contributed by atoms with Gasteiger partial charge in [0, 0.05) is 20.1 Å². The molecule has 2 aromatic rings. The molecule has 0 N–H and O–H groups in total. The minimum absolute atomic E-state index is 0. The second-order valence-corrected chi connectivity index (χ2v) is 15.8. The molecule has 0 spiro atoms. The topological polar surface area (TPSA) is 12.9 Å². The van der Waals surface area contributed by atoms with Gasteiger partial charge >= 0.3 is 104 Å². The molecule has 0 unspecified atom stereocenters. The Bertz CT molecular complexity index is 503. The zero-order valence-electron chi connectivity index (χ0n) is 10.6. The molecular formula is C14H15FGeIrN-. The van der Waals surface area contributed by atoms with Gasteiger partial charge in [0.1, 0.15) is 0 Å². The van der Waals surface area contributed by atoms with E-state index in [9.17, 15) is 4.39 Å². The number of aromatic nitrogens is 1. The van der Waals surface area contributed by atoms with Crippen LogP contribution >= 0.6 is 0 Å². The molecule has 0 bridgehead atoms. The molecule has 0 saturated carbocycles. The molecule has 0 aliphatic rings. The van der Waals surface area contributed by atoms with Crippen molar-refractivity contribution in [3.8, 4) is 11.3 Å². The number of rotatable bonds is 2. The van der Waals surface area contributed by atoms with Gasteiger partial charge in [0.25, 0.3) is 0 Å². The number of hydrogen-bond donors (Lipinski definition) is 0. The van der Waals surface area contributed by atoms with Gasteiger partial charge in [-0.1, -0.05) is 0 Å². The van der Waals surface area contributed by atoms with Crippen LogP contribution in [0.5, 0.6) is 0 Å². The Kier molecular flexibility index (Phi) is 5.26. The van der Waals surface area contributed by atoms with Crippen molar-refractivity contribution in [2.45, 2.75) is 17.3 Å². The standard InChI is InChI=1S/C14H15FGeN.Ir/c1-16(2,3)13-8-9-14(17-10-13)11-4-6-12(15)7-5-11;/h4,6-10H,1-3H3;/q-1;. The molecule has 0 atom stereocenters. The average molecular weight is 481 g/mol. The first-order valence-electron chi connectivity index (χ1n) is 5.61. The van der Waals surface area contributed by atoms with E-state index in [2.05, 4.69) is 34.4 Å². The number of pyridine rings is 1. The van der Waals surface area contributed by atoms with Gasteiger partial charge in [-0.15, -0.1) is 0 Å². The molecular weight excluding hydrogens is 466 g/mol. The van der Waals surface area contributed by atoms with Crippen LogP contribution < -0.4 is 4.40 Å². The molecule has 0 saturated heterocycles. The summed E-state index contributed by atoms with van der Waals surface area (Å²) in [5.74, 6) is 6.73. The minimum Gasteiger partial charge on any atom is 0 e. The molecule has 4 heteroatoms. The number of hydrogen-bond acceptors (Lipinski definition) is 1. The predicted octanol–water partition coefficient (Wildman–Crippen LogP) is 3.23. The van der Waals surface area contributed by atoms with E-state index in [-0.39, 0.29) is 25.9 Å². The summed E-state index contributed by atoms with van der Waals surface area (Å²) in [7, 11) is 0. The zero-order valence-corrected chi connectivity index (χ0v) is 15.1. The van der Waals surface area contributed by atoms with E-state index >= 15 is 0 Å². The van der Waals surface area contributed by atoms with E-state index in [0.717, 1.165) is 11.3 Å². The summed E-state index contributed by atoms with van der Waals surface area (Å²) in [5, 5.41) is 0. The molecule has 1 aromatic carbocycles. The van der Waals surface area contributed by atoms with Crippen LogP contribution in [0.3, 0.4) is 0 Å². The van der Waals surface area contributed by atoms with Gasteiger partial charge in [-0.05, 0) is 0 Å². The number of halogens is 1. The van der Waals surface area contributed by atoms with Gasteiger partial charge in [-0.3, -0.25) is 0 Å². The van der Waals surface area contributed by atoms with Crippen molar-refractivity contribution in [1.82, 2.24) is 4.98 Å². The molecule has 18 heavy (non-hydrogen) atoms. The van der Waals surface area contributed by atoms with E-state index in [1.54, 1.807) is 6.07 Å². The van der Waals surface area contributed by atoms with Gasteiger partial charge in [0.15, 0.2) is 0 Å². The smallest absolute Gasteiger partial charge is 0 e. The maximum atomic E-state index is 12.8. The van der Waals surface area contributed by atoms with Crippen LogP contribution in [-0.2, 0) is 20.1 Å². The van der Waals surface area contributed by atoms with E-state index in [1.807, 2.05) is 12.3 Å². The van der Waals surface area contributed by atoms with Crippen LogP contribution in [0.2, 0.25) is 17.3 Å². The predicted molar refractivity (Wildman–Crippen MR) is 71.4 cm³/mol. The molecule has 1 nitrogen and oxygen atoms in total. The normalized spacial score (nSPS) is 10.9. The molecule has 1 heterocycles. The van der Waals surface area contributed by atoms with Crippen molar-refractivity contribution < 1.29 is 24.5 Å². The van der Waals surface area contributed by atoms with Crippen LogP contribution in [0.15, 0.2) is 36.5 Å². The number of benzene rings is 1. The van der Waals surface area contributed by atoms with E-state index < -0.39 is 13.3 Å². The molecule has 2 rings (SSSR count). The van der Waals surface area contributed by atoms with Crippen LogP contribution in [-0.4, -0.2) is 18.3 Å². The molecule has 97 valence electrons. The molecule has 1 aromatic heterocycles. The summed E-state index contributed by atoms with van der Waals surface area (Å²) in [5.41, 5.74) is 1.68. The fraction of sp³-hybridized carbons (Fsp3) is 0.214. The van der Waals surface area contributed by atoms with Gasteiger partial charge < -0.3 is 0 Å². The van der Waals surface area contributed by atoms with E-state index in [4.69, 9.17) is 0 Å². The molecule has 0 amide bonds. The quantitative estimate of drug-likeness (QED) is 0.475. The fourth-order valence-electron chi connectivity index (χ4n) is 1.56. The van der Waals surface area contributed by atoms with Crippen molar-refractivity contribution >= 4 is 17.7 Å². The van der Waals surface area contributed by atoms with Crippen molar-refractivity contribution in [2.24, 2.45) is 0 Å². The Morgan fingerprint density at radius 3 is 2.28 bits per heavy atom. The van der Waals surface area contributed by atoms with Crippen LogP contribution in [0, 0.1) is 11.9 Å². The van der Waals surface area contributed by atoms with E-state index in [1.165, 1.54) is 16.5 Å². The Morgan fingerprint density at radius 1 is 1.11 bits per heavy atom. The first-order chi connectivity index (χ1) is 7.97. The summed E-state index contributed by atoms with van der Waals surface area (Å²) >= 11 is -1.79.